The number of hydrogen-bond acceptors (Lipinski definition) is 3. The quantitative estimate of drug-likeness (QED) is 0.390. The number of rotatable bonds is 3. The number of aliphatic imine (C=N–C) groups is 1. The van der Waals surface area contributed by atoms with E-state index in [0.29, 0.717) is 0 Å². The van der Waals surface area contributed by atoms with Crippen LogP contribution in [0, 0.1) is 0 Å². The highest BCUT2D eigenvalue weighted by molar-refractivity contribution is 7.80. The summed E-state index contributed by atoms with van der Waals surface area (Å²) in [7, 11) is 3.79. The fourth-order valence-electron chi connectivity index (χ4n) is 0.589. The number of nitrogens with zero attached hydrogens (tertiary/aromatic N) is 2. The molecule has 0 saturated heterocycles. The van der Waals surface area contributed by atoms with Crippen LogP contribution >= 0.6 is 12.6 Å². The molecule has 0 bridgehead atoms. The van der Waals surface area contributed by atoms with Crippen molar-refractivity contribution >= 4 is 18.3 Å². The summed E-state index contributed by atoms with van der Waals surface area (Å²) in [6, 6.07) is 0. The first-order chi connectivity index (χ1) is 5.11. The third-order valence-electron chi connectivity index (χ3n) is 1.58. The van der Waals surface area contributed by atoms with Crippen LogP contribution in [0.5, 0.6) is 0 Å². The average molecular weight is 172 g/mol. The second-order valence-electron chi connectivity index (χ2n) is 2.49. The van der Waals surface area contributed by atoms with Crippen molar-refractivity contribution in [3.05, 3.63) is 11.8 Å². The molecule has 0 fully saturated rings. The van der Waals surface area contributed by atoms with Gasteiger partial charge >= 0.3 is 0 Å². The molecule has 11 heavy (non-hydrogen) atoms. The van der Waals surface area contributed by atoms with E-state index in [1.807, 2.05) is 27.0 Å². The van der Waals surface area contributed by atoms with Gasteiger partial charge in [-0.25, -0.2) is 0 Å². The van der Waals surface area contributed by atoms with Crippen molar-refractivity contribution in [1.82, 2.24) is 4.90 Å². The van der Waals surface area contributed by atoms with Crippen molar-refractivity contribution in [3.63, 3.8) is 0 Å². The molecule has 0 aliphatic rings. The molecule has 0 rings (SSSR count). The van der Waals surface area contributed by atoms with Gasteiger partial charge in [-0.2, -0.15) is 12.6 Å². The summed E-state index contributed by atoms with van der Waals surface area (Å²) in [4.78, 5) is 6.09. The zero-order chi connectivity index (χ0) is 8.85. The molecule has 0 radical (unpaired) electrons. The Morgan fingerprint density at radius 1 is 1.55 bits per heavy atom. The molecule has 3 heteroatoms. The molecule has 0 aromatic heterocycles. The molecular weight excluding hydrogens is 156 g/mol. The predicted octanol–water partition coefficient (Wildman–Crippen LogP) is 1.80. The van der Waals surface area contributed by atoms with Gasteiger partial charge in [0.1, 0.15) is 0 Å². The molecule has 0 aromatic carbocycles. The Morgan fingerprint density at radius 2 is 2.09 bits per heavy atom. The molecule has 0 amide bonds. The van der Waals surface area contributed by atoms with E-state index in [2.05, 4.69) is 22.5 Å². The molecule has 0 aromatic rings. The Labute approximate surface area is 74.4 Å². The van der Waals surface area contributed by atoms with E-state index in [0.717, 1.165) is 11.6 Å². The molecule has 64 valence electrons. The topological polar surface area (TPSA) is 15.6 Å². The molecule has 0 atom stereocenters. The molecule has 0 unspecified atom stereocenters. The molecule has 0 spiro atoms. The lowest BCUT2D eigenvalue weighted by Gasteiger charge is -2.16. The van der Waals surface area contributed by atoms with E-state index in [-0.39, 0.29) is 0 Å². The molecule has 0 heterocycles. The van der Waals surface area contributed by atoms with Crippen LogP contribution in [0.2, 0.25) is 0 Å². The minimum Gasteiger partial charge on any atom is -0.369 e. The van der Waals surface area contributed by atoms with Crippen molar-refractivity contribution in [2.75, 3.05) is 20.0 Å². The number of thiol groups is 1. The lowest BCUT2D eigenvalue weighted by Crippen LogP contribution is -2.14. The van der Waals surface area contributed by atoms with Crippen molar-refractivity contribution in [3.8, 4) is 0 Å². The van der Waals surface area contributed by atoms with Gasteiger partial charge in [-0.15, -0.1) is 0 Å². The highest BCUT2D eigenvalue weighted by Gasteiger charge is 1.94. The van der Waals surface area contributed by atoms with Gasteiger partial charge in [-0.05, 0) is 19.9 Å². The predicted molar refractivity (Wildman–Crippen MR) is 54.4 cm³/mol. The summed E-state index contributed by atoms with van der Waals surface area (Å²) in [6.07, 6.45) is 2.04. The molecule has 0 aliphatic heterocycles. The maximum Gasteiger partial charge on any atom is 0.0603 e. The van der Waals surface area contributed by atoms with Gasteiger partial charge in [0.05, 0.1) is 5.88 Å². The molecule has 0 N–H and O–H groups in total. The average Bonchev–Trinajstić information content (AvgIpc) is 2.02. The van der Waals surface area contributed by atoms with E-state index in [4.69, 9.17) is 0 Å². The van der Waals surface area contributed by atoms with E-state index in [1.54, 1.807) is 7.05 Å². The molecule has 0 saturated carbocycles. The molecular formula is C8H16N2S. The highest BCUT2D eigenvalue weighted by Crippen LogP contribution is 2.00. The first kappa shape index (κ1) is 10.6. The minimum absolute atomic E-state index is 0.735. The van der Waals surface area contributed by atoms with Gasteiger partial charge in [-0.3, -0.25) is 4.99 Å². The summed E-state index contributed by atoms with van der Waals surface area (Å²) in [5, 5.41) is 0. The van der Waals surface area contributed by atoms with Crippen LogP contribution in [-0.2, 0) is 0 Å². The smallest absolute Gasteiger partial charge is 0.0603 e. The zero-order valence-electron chi connectivity index (χ0n) is 7.63. The first-order valence-corrected chi connectivity index (χ1v) is 4.18. The second kappa shape index (κ2) is 5.24. The summed E-state index contributed by atoms with van der Waals surface area (Å²) < 4.78 is 0. The first-order valence-electron chi connectivity index (χ1n) is 3.55. The van der Waals surface area contributed by atoms with Crippen LogP contribution in [0.3, 0.4) is 0 Å². The maximum absolute atomic E-state index is 4.15. The van der Waals surface area contributed by atoms with E-state index in [9.17, 15) is 0 Å². The van der Waals surface area contributed by atoms with Crippen molar-refractivity contribution in [2.24, 2.45) is 4.99 Å². The Kier molecular flexibility index (Phi) is 5.03. The standard InChI is InChI=1S/C8H16N2S/c1-7(9-3)5-8(2)10(4)6-11/h5,11H,6H2,1-4H3/b8-5-,9-7?. The van der Waals surface area contributed by atoms with Crippen LogP contribution in [0.25, 0.3) is 0 Å². The fourth-order valence-corrected chi connectivity index (χ4v) is 0.812. The van der Waals surface area contributed by atoms with E-state index < -0.39 is 0 Å². The normalized spacial score (nSPS) is 13.5. The highest BCUT2D eigenvalue weighted by atomic mass is 32.1. The van der Waals surface area contributed by atoms with Crippen molar-refractivity contribution in [2.45, 2.75) is 13.8 Å². The van der Waals surface area contributed by atoms with Gasteiger partial charge in [0.15, 0.2) is 0 Å². The summed E-state index contributed by atoms with van der Waals surface area (Å²) in [5.41, 5.74) is 2.22. The summed E-state index contributed by atoms with van der Waals surface area (Å²) >= 11 is 4.15. The summed E-state index contributed by atoms with van der Waals surface area (Å²) in [6.45, 7) is 4.03. The summed E-state index contributed by atoms with van der Waals surface area (Å²) in [5.74, 6) is 0.735. The number of hydrogen-bond donors (Lipinski definition) is 1. The lowest BCUT2D eigenvalue weighted by atomic mass is 10.3. The van der Waals surface area contributed by atoms with Crippen molar-refractivity contribution < 1.29 is 0 Å². The van der Waals surface area contributed by atoms with Gasteiger partial charge in [-0.1, -0.05) is 0 Å². The maximum atomic E-state index is 4.15. The lowest BCUT2D eigenvalue weighted by molar-refractivity contribution is 0.496. The van der Waals surface area contributed by atoms with Gasteiger partial charge < -0.3 is 4.90 Å². The third-order valence-corrected chi connectivity index (χ3v) is 2.01. The largest absolute Gasteiger partial charge is 0.369 e. The van der Waals surface area contributed by atoms with Crippen LogP contribution < -0.4 is 0 Å². The number of allylic oxidation sites excluding steroid dienone is 2. The van der Waals surface area contributed by atoms with E-state index >= 15 is 0 Å². The Morgan fingerprint density at radius 3 is 2.45 bits per heavy atom. The Hall–Kier alpha value is -0.440. The van der Waals surface area contributed by atoms with Crippen LogP contribution in [0.1, 0.15) is 13.8 Å². The van der Waals surface area contributed by atoms with Gasteiger partial charge in [0.25, 0.3) is 0 Å². The molecule has 2 nitrogen and oxygen atoms in total. The monoisotopic (exact) mass is 172 g/mol. The Balaban J connectivity index is 4.21. The van der Waals surface area contributed by atoms with Gasteiger partial charge in [0.2, 0.25) is 0 Å². The fraction of sp³-hybridized carbons (Fsp3) is 0.625. The van der Waals surface area contributed by atoms with Gasteiger partial charge in [0, 0.05) is 25.5 Å². The zero-order valence-corrected chi connectivity index (χ0v) is 8.52. The minimum atomic E-state index is 0.735. The van der Waals surface area contributed by atoms with Crippen LogP contribution in [0.4, 0.5) is 0 Å². The SMILES string of the molecule is CN=C(C)/C=C(/C)N(C)CS. The van der Waals surface area contributed by atoms with Crippen molar-refractivity contribution in [1.29, 1.82) is 0 Å². The van der Waals surface area contributed by atoms with E-state index in [1.165, 1.54) is 5.70 Å². The molecule has 0 aliphatic carbocycles. The Bertz CT molecular complexity index is 173. The van der Waals surface area contributed by atoms with Crippen LogP contribution in [0.15, 0.2) is 16.8 Å². The third kappa shape index (κ3) is 4.09. The van der Waals surface area contributed by atoms with Crippen LogP contribution in [-0.4, -0.2) is 30.6 Å². The second-order valence-corrected chi connectivity index (χ2v) is 2.77.